The summed E-state index contributed by atoms with van der Waals surface area (Å²) in [5, 5.41) is 0. The molecule has 0 aromatic heterocycles. The van der Waals surface area contributed by atoms with Crippen molar-refractivity contribution in [1.29, 1.82) is 0 Å². The monoisotopic (exact) mass is 500 g/mol. The Kier molecular flexibility index (Phi) is 9.49. The molecule has 4 aliphatic carbocycles. The van der Waals surface area contributed by atoms with E-state index in [1.54, 1.807) is 128 Å². The molecule has 0 bridgehead atoms. The SMILES string of the molecule is C1CCC([P]([Pd-2][P](C2CCCCC2)C2CCCCC2)C2CCCCC2)CC1. The quantitative estimate of drug-likeness (QED) is 0.252. The predicted molar refractivity (Wildman–Crippen MR) is 121 cm³/mol. The fourth-order valence-electron chi connectivity index (χ4n) is 6.13. The molecule has 0 N–H and O–H groups in total. The second kappa shape index (κ2) is 11.8. The summed E-state index contributed by atoms with van der Waals surface area (Å²) in [5.41, 5.74) is 4.84. The van der Waals surface area contributed by atoms with Crippen molar-refractivity contribution < 1.29 is 17.0 Å². The minimum absolute atomic E-state index is 0.393. The summed E-state index contributed by atoms with van der Waals surface area (Å²) in [5.74, 6) is 0. The van der Waals surface area contributed by atoms with Crippen LogP contribution in [0.1, 0.15) is 128 Å². The molecule has 4 fully saturated rings. The van der Waals surface area contributed by atoms with Gasteiger partial charge in [-0.1, -0.05) is 0 Å². The van der Waals surface area contributed by atoms with E-state index < -0.39 is 0 Å². The molecule has 162 valence electrons. The number of hydrogen-bond donors (Lipinski definition) is 0. The van der Waals surface area contributed by atoms with Crippen molar-refractivity contribution in [3.8, 4) is 0 Å². The summed E-state index contributed by atoms with van der Waals surface area (Å²) >= 11 is 1.21. The van der Waals surface area contributed by atoms with E-state index in [4.69, 9.17) is 0 Å². The molecule has 3 heteroatoms. The standard InChI is InChI=1S/2C12H22P.Pd/c2*1-3-7-11(8-4-1)13-12-9-5-2-6-10-12;/h2*11-12H,1-10H2;/q2*-1;. The zero-order valence-electron chi connectivity index (χ0n) is 17.7. The van der Waals surface area contributed by atoms with Gasteiger partial charge in [0.1, 0.15) is 0 Å². The Morgan fingerprint density at radius 2 is 0.556 bits per heavy atom. The fourth-order valence-corrected chi connectivity index (χ4v) is 30.6. The fraction of sp³-hybridized carbons (Fsp3) is 1.00. The van der Waals surface area contributed by atoms with Crippen molar-refractivity contribution in [1.82, 2.24) is 0 Å². The molecule has 0 aliphatic heterocycles. The van der Waals surface area contributed by atoms with Gasteiger partial charge in [-0.05, 0) is 0 Å². The van der Waals surface area contributed by atoms with Gasteiger partial charge in [-0.3, -0.25) is 0 Å². The minimum atomic E-state index is 0.393. The molecule has 0 radical (unpaired) electrons. The van der Waals surface area contributed by atoms with Gasteiger partial charge in [-0.2, -0.15) is 0 Å². The number of hydrogen-bond acceptors (Lipinski definition) is 0. The average molecular weight is 501 g/mol. The third-order valence-electron chi connectivity index (χ3n) is 7.75. The molecule has 0 atom stereocenters. The Bertz CT molecular complexity index is 331. The van der Waals surface area contributed by atoms with Gasteiger partial charge >= 0.3 is 180 Å². The maximum atomic E-state index is 1.64. The summed E-state index contributed by atoms with van der Waals surface area (Å²) < 4.78 is 0. The van der Waals surface area contributed by atoms with Crippen LogP contribution in [0.2, 0.25) is 0 Å². The summed E-state index contributed by atoms with van der Waals surface area (Å²) in [4.78, 5) is 0. The summed E-state index contributed by atoms with van der Waals surface area (Å²) in [6, 6.07) is 0. The van der Waals surface area contributed by atoms with Gasteiger partial charge in [0.25, 0.3) is 0 Å². The maximum absolute atomic E-state index is 1.64. The second-order valence-corrected chi connectivity index (χ2v) is 22.1. The molecule has 0 aromatic rings. The Labute approximate surface area is 179 Å². The van der Waals surface area contributed by atoms with Gasteiger partial charge in [0.05, 0.1) is 0 Å². The molecular weight excluding hydrogens is 457 g/mol. The first-order valence-corrected chi connectivity index (χ1v) is 19.4. The van der Waals surface area contributed by atoms with E-state index >= 15 is 0 Å². The van der Waals surface area contributed by atoms with Gasteiger partial charge in [0.15, 0.2) is 0 Å². The molecule has 4 saturated carbocycles. The first-order valence-electron chi connectivity index (χ1n) is 12.6. The van der Waals surface area contributed by atoms with Gasteiger partial charge in [-0.25, -0.2) is 0 Å². The number of rotatable bonds is 6. The Morgan fingerprint density at radius 1 is 0.333 bits per heavy atom. The summed E-state index contributed by atoms with van der Waals surface area (Å²) in [6.45, 7) is 0. The van der Waals surface area contributed by atoms with Crippen LogP contribution in [-0.4, -0.2) is 22.6 Å². The third kappa shape index (κ3) is 6.26. The van der Waals surface area contributed by atoms with Gasteiger partial charge < -0.3 is 0 Å². The second-order valence-electron chi connectivity index (χ2n) is 9.86. The van der Waals surface area contributed by atoms with E-state index in [2.05, 4.69) is 0 Å². The molecule has 4 rings (SSSR count). The van der Waals surface area contributed by atoms with Crippen molar-refractivity contribution in [2.45, 2.75) is 151 Å². The molecule has 0 spiro atoms. The molecule has 0 saturated heterocycles. The van der Waals surface area contributed by atoms with Crippen LogP contribution in [-0.2, 0) is 17.0 Å². The van der Waals surface area contributed by atoms with E-state index in [0.717, 1.165) is 0 Å². The summed E-state index contributed by atoms with van der Waals surface area (Å²) in [6.07, 6.45) is 32.7. The molecule has 0 amide bonds. The molecule has 27 heavy (non-hydrogen) atoms. The van der Waals surface area contributed by atoms with Crippen molar-refractivity contribution in [3.63, 3.8) is 0 Å². The molecule has 4 aliphatic rings. The van der Waals surface area contributed by atoms with Gasteiger partial charge in [0, 0.05) is 0 Å². The molecule has 0 aromatic carbocycles. The first kappa shape index (κ1) is 21.7. The van der Waals surface area contributed by atoms with E-state index in [1.807, 2.05) is 0 Å². The van der Waals surface area contributed by atoms with Gasteiger partial charge in [0.2, 0.25) is 0 Å². The molecule has 0 nitrogen and oxygen atoms in total. The van der Waals surface area contributed by atoms with Crippen molar-refractivity contribution in [2.75, 3.05) is 0 Å². The van der Waals surface area contributed by atoms with E-state index in [9.17, 15) is 0 Å². The van der Waals surface area contributed by atoms with Crippen LogP contribution >= 0.6 is 12.2 Å². The van der Waals surface area contributed by atoms with Crippen LogP contribution in [0.25, 0.3) is 0 Å². The third-order valence-corrected chi connectivity index (χ3v) is 26.9. The average Bonchev–Trinajstić information content (AvgIpc) is 2.77. The first-order chi connectivity index (χ1) is 13.4. The molecule has 0 heterocycles. The Morgan fingerprint density at radius 3 is 0.778 bits per heavy atom. The Balaban J connectivity index is 1.49. The summed E-state index contributed by atoms with van der Waals surface area (Å²) in [7, 11) is 0. The van der Waals surface area contributed by atoms with Crippen LogP contribution < -0.4 is 0 Å². The van der Waals surface area contributed by atoms with E-state index in [-0.39, 0.29) is 0 Å². The van der Waals surface area contributed by atoms with Crippen LogP contribution in [0, 0.1) is 0 Å². The van der Waals surface area contributed by atoms with Crippen LogP contribution in [0.15, 0.2) is 0 Å². The van der Waals surface area contributed by atoms with Crippen molar-refractivity contribution >= 4 is 12.2 Å². The predicted octanol–water partition coefficient (Wildman–Crippen LogP) is 9.19. The van der Waals surface area contributed by atoms with Crippen LogP contribution in [0.5, 0.6) is 0 Å². The zero-order chi connectivity index (χ0) is 18.3. The normalized spacial score (nSPS) is 28.4. The van der Waals surface area contributed by atoms with Crippen LogP contribution in [0.3, 0.4) is 0 Å². The van der Waals surface area contributed by atoms with E-state index in [0.29, 0.717) is 12.2 Å². The molecule has 0 unspecified atom stereocenters. The van der Waals surface area contributed by atoms with E-state index in [1.165, 1.54) is 39.6 Å². The van der Waals surface area contributed by atoms with Gasteiger partial charge in [-0.15, -0.1) is 0 Å². The van der Waals surface area contributed by atoms with Crippen LogP contribution in [0.4, 0.5) is 0 Å². The molecular formula is C24H44P2Pd-2. The van der Waals surface area contributed by atoms with Crippen molar-refractivity contribution in [2.24, 2.45) is 0 Å². The Hall–Kier alpha value is 1.52. The topological polar surface area (TPSA) is 0 Å². The zero-order valence-corrected chi connectivity index (χ0v) is 21.0. The van der Waals surface area contributed by atoms with Crippen molar-refractivity contribution in [3.05, 3.63) is 0 Å².